The highest BCUT2D eigenvalue weighted by Crippen LogP contribution is 2.30. The summed E-state index contributed by atoms with van der Waals surface area (Å²) in [7, 11) is -1.81. The van der Waals surface area contributed by atoms with E-state index in [1.165, 1.54) is 4.70 Å². The number of nitrogens with zero attached hydrogens (tertiary/aromatic N) is 4. The molecule has 2 saturated heterocycles. The summed E-state index contributed by atoms with van der Waals surface area (Å²) in [5.74, 6) is 0. The first-order chi connectivity index (χ1) is 13.1. The highest BCUT2D eigenvalue weighted by atomic mass is 32.2. The first-order valence-electron chi connectivity index (χ1n) is 9.46. The number of hydrogen-bond acceptors (Lipinski definition) is 6. The number of fused-ring (bicyclic) bond motifs is 1. The van der Waals surface area contributed by atoms with Gasteiger partial charge in [-0.2, -0.15) is 17.0 Å². The second kappa shape index (κ2) is 8.00. The van der Waals surface area contributed by atoms with Crippen molar-refractivity contribution in [3.05, 3.63) is 24.3 Å². The number of anilines is 1. The summed E-state index contributed by atoms with van der Waals surface area (Å²) in [6.45, 7) is 3.60. The average molecular weight is 411 g/mol. The van der Waals surface area contributed by atoms with Crippen molar-refractivity contribution in [3.63, 3.8) is 0 Å². The first-order valence-corrected chi connectivity index (χ1v) is 11.7. The number of para-hydroxylation sites is 1. The van der Waals surface area contributed by atoms with Crippen LogP contribution < -0.4 is 4.90 Å². The SMILES string of the molecule is COCC1CCCN1S(=O)(=O)N1CCCN(c2nc3ccccc3s2)CC1. The number of rotatable bonds is 5. The van der Waals surface area contributed by atoms with Gasteiger partial charge in [-0.25, -0.2) is 4.98 Å². The predicted octanol–water partition coefficient (Wildman–Crippen LogP) is 2.16. The third-order valence-corrected chi connectivity index (χ3v) is 8.50. The van der Waals surface area contributed by atoms with E-state index >= 15 is 0 Å². The molecule has 2 aliphatic heterocycles. The lowest BCUT2D eigenvalue weighted by Gasteiger charge is -2.30. The Bertz CT molecular complexity index is 853. The lowest BCUT2D eigenvalue weighted by molar-refractivity contribution is 0.146. The summed E-state index contributed by atoms with van der Waals surface area (Å²) < 4.78 is 36.0. The van der Waals surface area contributed by atoms with Crippen LogP contribution in [0.1, 0.15) is 19.3 Å². The van der Waals surface area contributed by atoms with Gasteiger partial charge in [0, 0.05) is 45.9 Å². The smallest absolute Gasteiger partial charge is 0.282 e. The van der Waals surface area contributed by atoms with Crippen LogP contribution in [0.25, 0.3) is 10.2 Å². The van der Waals surface area contributed by atoms with Crippen molar-refractivity contribution in [1.82, 2.24) is 13.6 Å². The molecule has 1 aromatic heterocycles. The maximum absolute atomic E-state index is 13.2. The zero-order valence-electron chi connectivity index (χ0n) is 15.6. The normalized spacial score (nSPS) is 23.1. The Morgan fingerprint density at radius 3 is 2.81 bits per heavy atom. The largest absolute Gasteiger partial charge is 0.383 e. The van der Waals surface area contributed by atoms with E-state index in [9.17, 15) is 8.42 Å². The second-order valence-electron chi connectivity index (χ2n) is 7.07. The van der Waals surface area contributed by atoms with Gasteiger partial charge >= 0.3 is 0 Å². The molecule has 0 spiro atoms. The minimum atomic E-state index is -3.44. The molecular formula is C18H26N4O3S2. The van der Waals surface area contributed by atoms with E-state index in [0.717, 1.165) is 36.5 Å². The van der Waals surface area contributed by atoms with Crippen molar-refractivity contribution in [2.45, 2.75) is 25.3 Å². The summed E-state index contributed by atoms with van der Waals surface area (Å²) in [6.07, 6.45) is 2.58. The second-order valence-corrected chi connectivity index (χ2v) is 9.96. The van der Waals surface area contributed by atoms with Crippen LogP contribution >= 0.6 is 11.3 Å². The molecule has 2 fully saturated rings. The Morgan fingerprint density at radius 2 is 2.00 bits per heavy atom. The molecule has 0 radical (unpaired) electrons. The third kappa shape index (κ3) is 3.84. The highest BCUT2D eigenvalue weighted by molar-refractivity contribution is 7.86. The molecule has 1 unspecified atom stereocenters. The Labute approximate surface area is 164 Å². The number of methoxy groups -OCH3 is 1. The topological polar surface area (TPSA) is 66.0 Å². The molecule has 148 valence electrons. The molecule has 0 bridgehead atoms. The Balaban J connectivity index is 1.47. The third-order valence-electron chi connectivity index (χ3n) is 5.31. The molecule has 4 rings (SSSR count). The molecule has 27 heavy (non-hydrogen) atoms. The van der Waals surface area contributed by atoms with E-state index in [1.54, 1.807) is 27.1 Å². The summed E-state index contributed by atoms with van der Waals surface area (Å²) in [4.78, 5) is 6.95. The lowest BCUT2D eigenvalue weighted by Crippen LogP contribution is -2.48. The van der Waals surface area contributed by atoms with Crippen LogP contribution in [0.15, 0.2) is 24.3 Å². The summed E-state index contributed by atoms with van der Waals surface area (Å²) in [5, 5.41) is 0.980. The van der Waals surface area contributed by atoms with Crippen LogP contribution in [0.3, 0.4) is 0 Å². The van der Waals surface area contributed by atoms with Crippen LogP contribution in [0.5, 0.6) is 0 Å². The average Bonchev–Trinajstić information content (AvgIpc) is 3.22. The molecule has 0 N–H and O–H groups in total. The van der Waals surface area contributed by atoms with E-state index in [0.29, 0.717) is 32.8 Å². The molecule has 7 nitrogen and oxygen atoms in total. The minimum absolute atomic E-state index is 0.0383. The molecule has 0 aliphatic carbocycles. The van der Waals surface area contributed by atoms with Crippen molar-refractivity contribution < 1.29 is 13.2 Å². The molecule has 1 aromatic carbocycles. The van der Waals surface area contributed by atoms with Gasteiger partial charge in [-0.1, -0.05) is 23.5 Å². The molecule has 3 heterocycles. The predicted molar refractivity (Wildman–Crippen MR) is 109 cm³/mol. The fourth-order valence-electron chi connectivity index (χ4n) is 3.93. The zero-order chi connectivity index (χ0) is 18.9. The number of aromatic nitrogens is 1. The Kier molecular flexibility index (Phi) is 5.65. The summed E-state index contributed by atoms with van der Waals surface area (Å²) in [6, 6.07) is 8.08. The van der Waals surface area contributed by atoms with Crippen LogP contribution in [-0.2, 0) is 14.9 Å². The van der Waals surface area contributed by atoms with Gasteiger partial charge in [0.25, 0.3) is 10.2 Å². The minimum Gasteiger partial charge on any atom is -0.383 e. The van der Waals surface area contributed by atoms with E-state index in [2.05, 4.69) is 11.0 Å². The van der Waals surface area contributed by atoms with Gasteiger partial charge in [-0.05, 0) is 31.4 Å². The van der Waals surface area contributed by atoms with E-state index in [-0.39, 0.29) is 6.04 Å². The number of hydrogen-bond donors (Lipinski definition) is 0. The van der Waals surface area contributed by atoms with Crippen LogP contribution in [0.2, 0.25) is 0 Å². The molecular weight excluding hydrogens is 384 g/mol. The number of benzene rings is 1. The molecule has 2 aromatic rings. The fourth-order valence-corrected chi connectivity index (χ4v) is 6.82. The maximum atomic E-state index is 13.2. The van der Waals surface area contributed by atoms with Crippen LogP contribution in [0, 0.1) is 0 Å². The Hall–Kier alpha value is -1.26. The van der Waals surface area contributed by atoms with E-state index in [4.69, 9.17) is 9.72 Å². The van der Waals surface area contributed by atoms with Crippen molar-refractivity contribution in [3.8, 4) is 0 Å². The van der Waals surface area contributed by atoms with Gasteiger partial charge in [-0.15, -0.1) is 0 Å². The lowest BCUT2D eigenvalue weighted by atomic mass is 10.2. The number of ether oxygens (including phenoxy) is 1. The standard InChI is InChI=1S/C18H26N4O3S2/c1-25-14-15-6-4-11-22(15)27(23,24)21-10-5-9-20(12-13-21)18-19-16-7-2-3-8-17(16)26-18/h2-3,7-8,15H,4-6,9-14H2,1H3. The van der Waals surface area contributed by atoms with Crippen molar-refractivity contribution in [2.24, 2.45) is 0 Å². The van der Waals surface area contributed by atoms with Crippen molar-refractivity contribution in [1.29, 1.82) is 0 Å². The zero-order valence-corrected chi connectivity index (χ0v) is 17.2. The summed E-state index contributed by atoms with van der Waals surface area (Å²) >= 11 is 1.67. The Morgan fingerprint density at radius 1 is 1.15 bits per heavy atom. The quantitative estimate of drug-likeness (QED) is 0.756. The van der Waals surface area contributed by atoms with E-state index < -0.39 is 10.2 Å². The van der Waals surface area contributed by atoms with Crippen molar-refractivity contribution in [2.75, 3.05) is 51.3 Å². The van der Waals surface area contributed by atoms with Gasteiger partial charge in [0.05, 0.1) is 16.8 Å². The molecule has 0 amide bonds. The number of thiazole rings is 1. The van der Waals surface area contributed by atoms with Crippen molar-refractivity contribution >= 4 is 36.9 Å². The fraction of sp³-hybridized carbons (Fsp3) is 0.611. The first kappa shape index (κ1) is 19.1. The van der Waals surface area contributed by atoms with Gasteiger partial charge in [0.2, 0.25) is 0 Å². The van der Waals surface area contributed by atoms with Crippen LogP contribution in [-0.4, -0.2) is 74.5 Å². The summed E-state index contributed by atoms with van der Waals surface area (Å²) in [5.41, 5.74) is 1.01. The molecule has 1 atom stereocenters. The maximum Gasteiger partial charge on any atom is 0.282 e. The van der Waals surface area contributed by atoms with Gasteiger partial charge < -0.3 is 9.64 Å². The molecule has 0 saturated carbocycles. The van der Waals surface area contributed by atoms with E-state index in [1.807, 2.05) is 18.2 Å². The monoisotopic (exact) mass is 410 g/mol. The highest BCUT2D eigenvalue weighted by Gasteiger charge is 2.38. The molecule has 9 heteroatoms. The van der Waals surface area contributed by atoms with Gasteiger partial charge in [-0.3, -0.25) is 0 Å². The van der Waals surface area contributed by atoms with Gasteiger partial charge in [0.1, 0.15) is 0 Å². The van der Waals surface area contributed by atoms with Gasteiger partial charge in [0.15, 0.2) is 5.13 Å². The molecule has 2 aliphatic rings. The van der Waals surface area contributed by atoms with Crippen LogP contribution in [0.4, 0.5) is 5.13 Å².